The van der Waals surface area contributed by atoms with Crippen molar-refractivity contribution in [2.75, 3.05) is 30.4 Å². The number of carbonyl (C=O) groups excluding carboxylic acids is 1. The standard InChI is InChI=1S/C17H21N3O2/c1-13-3-4-14(12-18-13)11-17(22)19-15-5-7-16(8-6-15)20(2)9-10-21/h3-8,12,21H,9-11H2,1-2H3,(H,19,22). The number of rotatable bonds is 6. The number of anilines is 2. The van der Waals surface area contributed by atoms with Gasteiger partial charge in [0.15, 0.2) is 0 Å². The van der Waals surface area contributed by atoms with E-state index in [2.05, 4.69) is 10.3 Å². The molecule has 1 aromatic heterocycles. The third-order valence-electron chi connectivity index (χ3n) is 3.36. The van der Waals surface area contributed by atoms with Crippen LogP contribution in [0.4, 0.5) is 11.4 Å². The number of aliphatic hydroxyl groups is 1. The first-order valence-corrected chi connectivity index (χ1v) is 7.22. The van der Waals surface area contributed by atoms with Crippen molar-refractivity contribution in [3.05, 3.63) is 53.9 Å². The number of aryl methyl sites for hydroxylation is 1. The minimum atomic E-state index is -0.0675. The number of nitrogens with zero attached hydrogens (tertiary/aromatic N) is 2. The fourth-order valence-electron chi connectivity index (χ4n) is 2.07. The van der Waals surface area contributed by atoms with Gasteiger partial charge in [0, 0.05) is 36.9 Å². The van der Waals surface area contributed by atoms with E-state index in [0.717, 1.165) is 22.6 Å². The molecule has 0 aliphatic carbocycles. The van der Waals surface area contributed by atoms with Crippen molar-refractivity contribution in [3.63, 3.8) is 0 Å². The minimum absolute atomic E-state index is 0.0675. The SMILES string of the molecule is Cc1ccc(CC(=O)Nc2ccc(N(C)CCO)cc2)cn1. The average molecular weight is 299 g/mol. The first-order chi connectivity index (χ1) is 10.6. The van der Waals surface area contributed by atoms with E-state index in [1.165, 1.54) is 0 Å². The summed E-state index contributed by atoms with van der Waals surface area (Å²) in [5, 5.41) is 11.8. The number of aromatic nitrogens is 1. The van der Waals surface area contributed by atoms with Crippen LogP contribution in [0.25, 0.3) is 0 Å². The molecule has 1 heterocycles. The summed E-state index contributed by atoms with van der Waals surface area (Å²) in [6, 6.07) is 11.4. The second-order valence-corrected chi connectivity index (χ2v) is 5.22. The zero-order valence-corrected chi connectivity index (χ0v) is 12.9. The molecule has 22 heavy (non-hydrogen) atoms. The monoisotopic (exact) mass is 299 g/mol. The molecule has 1 amide bonds. The molecule has 1 aromatic carbocycles. The normalized spacial score (nSPS) is 10.3. The molecule has 0 atom stereocenters. The third kappa shape index (κ3) is 4.56. The molecule has 5 heteroatoms. The molecule has 0 aliphatic rings. The zero-order chi connectivity index (χ0) is 15.9. The predicted octanol–water partition coefficient (Wildman–Crippen LogP) is 2.00. The van der Waals surface area contributed by atoms with Gasteiger partial charge in [-0.15, -0.1) is 0 Å². The van der Waals surface area contributed by atoms with E-state index in [-0.39, 0.29) is 12.5 Å². The number of hydrogen-bond donors (Lipinski definition) is 2. The molecular weight excluding hydrogens is 278 g/mol. The number of aliphatic hydroxyl groups excluding tert-OH is 1. The summed E-state index contributed by atoms with van der Waals surface area (Å²) in [6.07, 6.45) is 2.03. The Bertz CT molecular complexity index is 609. The maximum atomic E-state index is 12.0. The Hall–Kier alpha value is -2.40. The summed E-state index contributed by atoms with van der Waals surface area (Å²) >= 11 is 0. The van der Waals surface area contributed by atoms with Crippen molar-refractivity contribution in [2.45, 2.75) is 13.3 Å². The van der Waals surface area contributed by atoms with Gasteiger partial charge in [-0.2, -0.15) is 0 Å². The molecule has 0 radical (unpaired) electrons. The zero-order valence-electron chi connectivity index (χ0n) is 12.9. The van der Waals surface area contributed by atoms with Crippen molar-refractivity contribution >= 4 is 17.3 Å². The molecule has 0 unspecified atom stereocenters. The summed E-state index contributed by atoms with van der Waals surface area (Å²) in [4.78, 5) is 18.1. The Labute approximate surface area is 130 Å². The van der Waals surface area contributed by atoms with E-state index >= 15 is 0 Å². The van der Waals surface area contributed by atoms with Gasteiger partial charge < -0.3 is 15.3 Å². The van der Waals surface area contributed by atoms with Crippen LogP contribution in [0.5, 0.6) is 0 Å². The second-order valence-electron chi connectivity index (χ2n) is 5.22. The molecule has 0 bridgehead atoms. The van der Waals surface area contributed by atoms with Crippen molar-refractivity contribution < 1.29 is 9.90 Å². The fourth-order valence-corrected chi connectivity index (χ4v) is 2.07. The van der Waals surface area contributed by atoms with Crippen LogP contribution >= 0.6 is 0 Å². The molecule has 5 nitrogen and oxygen atoms in total. The smallest absolute Gasteiger partial charge is 0.228 e. The lowest BCUT2D eigenvalue weighted by Gasteiger charge is -2.18. The number of benzene rings is 1. The number of pyridine rings is 1. The Balaban J connectivity index is 1.92. The van der Waals surface area contributed by atoms with Crippen LogP contribution in [0.15, 0.2) is 42.6 Å². The largest absolute Gasteiger partial charge is 0.395 e. The van der Waals surface area contributed by atoms with Crippen molar-refractivity contribution in [1.82, 2.24) is 4.98 Å². The number of carbonyl (C=O) groups is 1. The van der Waals surface area contributed by atoms with Gasteiger partial charge >= 0.3 is 0 Å². The molecule has 0 saturated carbocycles. The van der Waals surface area contributed by atoms with E-state index in [4.69, 9.17) is 5.11 Å². The highest BCUT2D eigenvalue weighted by atomic mass is 16.3. The van der Waals surface area contributed by atoms with Gasteiger partial charge in [-0.3, -0.25) is 9.78 Å². The van der Waals surface area contributed by atoms with Gasteiger partial charge in [0.2, 0.25) is 5.91 Å². The van der Waals surface area contributed by atoms with Crippen molar-refractivity contribution in [2.24, 2.45) is 0 Å². The van der Waals surface area contributed by atoms with E-state index in [9.17, 15) is 4.79 Å². The molecule has 0 aliphatic heterocycles. The molecule has 0 fully saturated rings. The second kappa shape index (κ2) is 7.56. The third-order valence-corrected chi connectivity index (χ3v) is 3.36. The lowest BCUT2D eigenvalue weighted by atomic mass is 10.2. The Morgan fingerprint density at radius 2 is 1.95 bits per heavy atom. The molecule has 2 rings (SSSR count). The summed E-state index contributed by atoms with van der Waals surface area (Å²) in [7, 11) is 1.91. The number of likely N-dealkylation sites (N-methyl/N-ethyl adjacent to an activating group) is 1. The fraction of sp³-hybridized carbons (Fsp3) is 0.294. The van der Waals surface area contributed by atoms with Gasteiger partial charge in [-0.25, -0.2) is 0 Å². The lowest BCUT2D eigenvalue weighted by molar-refractivity contribution is -0.115. The quantitative estimate of drug-likeness (QED) is 0.856. The topological polar surface area (TPSA) is 65.5 Å². The van der Waals surface area contributed by atoms with E-state index in [1.54, 1.807) is 6.20 Å². The molecule has 2 N–H and O–H groups in total. The van der Waals surface area contributed by atoms with Crippen LogP contribution < -0.4 is 10.2 Å². The van der Waals surface area contributed by atoms with Crippen LogP contribution in [-0.4, -0.2) is 36.2 Å². The Kier molecular flexibility index (Phi) is 5.49. The Morgan fingerprint density at radius 3 is 2.55 bits per heavy atom. The van der Waals surface area contributed by atoms with Gasteiger partial charge in [0.1, 0.15) is 0 Å². The lowest BCUT2D eigenvalue weighted by Crippen LogP contribution is -2.21. The van der Waals surface area contributed by atoms with Crippen LogP contribution in [0.3, 0.4) is 0 Å². The summed E-state index contributed by atoms with van der Waals surface area (Å²) in [5.41, 5.74) is 3.58. The summed E-state index contributed by atoms with van der Waals surface area (Å²) < 4.78 is 0. The highest BCUT2D eigenvalue weighted by Crippen LogP contribution is 2.16. The summed E-state index contributed by atoms with van der Waals surface area (Å²) in [6.45, 7) is 2.60. The van der Waals surface area contributed by atoms with Crippen molar-refractivity contribution in [1.29, 1.82) is 0 Å². The first kappa shape index (κ1) is 16.0. The maximum absolute atomic E-state index is 12.0. The highest BCUT2D eigenvalue weighted by molar-refractivity contribution is 5.92. The van der Waals surface area contributed by atoms with E-state index in [1.807, 2.05) is 55.3 Å². The van der Waals surface area contributed by atoms with Crippen LogP contribution in [0.1, 0.15) is 11.3 Å². The maximum Gasteiger partial charge on any atom is 0.228 e. The predicted molar refractivity (Wildman–Crippen MR) is 88.1 cm³/mol. The first-order valence-electron chi connectivity index (χ1n) is 7.22. The summed E-state index contributed by atoms with van der Waals surface area (Å²) in [5.74, 6) is -0.0675. The number of nitrogens with one attached hydrogen (secondary N) is 1. The highest BCUT2D eigenvalue weighted by Gasteiger charge is 2.05. The van der Waals surface area contributed by atoms with Crippen LogP contribution in [0, 0.1) is 6.92 Å². The van der Waals surface area contributed by atoms with Gasteiger partial charge in [-0.1, -0.05) is 6.07 Å². The molecular formula is C17H21N3O2. The average Bonchev–Trinajstić information content (AvgIpc) is 2.50. The van der Waals surface area contributed by atoms with Crippen molar-refractivity contribution in [3.8, 4) is 0 Å². The van der Waals surface area contributed by atoms with E-state index < -0.39 is 0 Å². The Morgan fingerprint density at radius 1 is 1.23 bits per heavy atom. The van der Waals surface area contributed by atoms with Gasteiger partial charge in [-0.05, 0) is 42.8 Å². The number of amides is 1. The van der Waals surface area contributed by atoms with Gasteiger partial charge in [0.05, 0.1) is 13.0 Å². The molecule has 2 aromatic rings. The van der Waals surface area contributed by atoms with Crippen LogP contribution in [-0.2, 0) is 11.2 Å². The molecule has 0 spiro atoms. The molecule has 0 saturated heterocycles. The minimum Gasteiger partial charge on any atom is -0.395 e. The van der Waals surface area contributed by atoms with Crippen LogP contribution in [0.2, 0.25) is 0 Å². The molecule has 116 valence electrons. The van der Waals surface area contributed by atoms with Gasteiger partial charge in [0.25, 0.3) is 0 Å². The number of hydrogen-bond acceptors (Lipinski definition) is 4. The van der Waals surface area contributed by atoms with E-state index in [0.29, 0.717) is 13.0 Å².